The lowest BCUT2D eigenvalue weighted by atomic mass is 9.90. The third-order valence-electron chi connectivity index (χ3n) is 4.74. The Hall–Kier alpha value is -3.44. The van der Waals surface area contributed by atoms with Crippen molar-refractivity contribution in [1.29, 1.82) is 0 Å². The molecule has 1 unspecified atom stereocenters. The lowest BCUT2D eigenvalue weighted by Gasteiger charge is -2.17. The van der Waals surface area contributed by atoms with Crippen LogP contribution in [0, 0.1) is 0 Å². The van der Waals surface area contributed by atoms with Crippen LogP contribution in [0.5, 0.6) is 0 Å². The summed E-state index contributed by atoms with van der Waals surface area (Å²) in [7, 11) is 0. The van der Waals surface area contributed by atoms with E-state index in [-0.39, 0.29) is 5.91 Å². The highest BCUT2D eigenvalue weighted by Crippen LogP contribution is 2.27. The maximum Gasteiger partial charge on any atom is 0.255 e. The average molecular weight is 388 g/mol. The van der Waals surface area contributed by atoms with Gasteiger partial charge in [-0.3, -0.25) is 14.8 Å². The molecule has 3 N–H and O–H groups in total. The zero-order valence-corrected chi connectivity index (χ0v) is 16.3. The topological polar surface area (TPSA) is 78.4 Å². The van der Waals surface area contributed by atoms with Crippen molar-refractivity contribution in [3.8, 4) is 0 Å². The van der Waals surface area contributed by atoms with Crippen LogP contribution in [0.1, 0.15) is 46.3 Å². The van der Waals surface area contributed by atoms with Gasteiger partial charge in [-0.2, -0.15) is 0 Å². The van der Waals surface area contributed by atoms with E-state index in [0.29, 0.717) is 16.8 Å². The quantitative estimate of drug-likeness (QED) is 0.411. The molecule has 0 saturated carbocycles. The van der Waals surface area contributed by atoms with E-state index in [1.165, 1.54) is 5.56 Å². The minimum atomic E-state index is -0.689. The second-order valence-electron chi connectivity index (χ2n) is 6.85. The molecule has 0 bridgehead atoms. The van der Waals surface area contributed by atoms with E-state index in [9.17, 15) is 14.8 Å². The molecule has 1 atom stereocenters. The summed E-state index contributed by atoms with van der Waals surface area (Å²) in [5.74, 6) is -1.44. The zero-order valence-electron chi connectivity index (χ0n) is 16.3. The Morgan fingerprint density at radius 1 is 0.897 bits per heavy atom. The highest BCUT2D eigenvalue weighted by atomic mass is 16.5. The largest absolute Gasteiger partial charge is 0.322 e. The summed E-state index contributed by atoms with van der Waals surface area (Å²) >= 11 is 0. The molecule has 0 aliphatic heterocycles. The fourth-order valence-corrected chi connectivity index (χ4v) is 3.32. The van der Waals surface area contributed by atoms with Crippen molar-refractivity contribution in [2.75, 3.05) is 5.32 Å². The number of hydrogen-bond acceptors (Lipinski definition) is 3. The molecule has 2 amide bonds. The van der Waals surface area contributed by atoms with Crippen molar-refractivity contribution in [3.63, 3.8) is 0 Å². The van der Waals surface area contributed by atoms with Crippen LogP contribution in [-0.4, -0.2) is 17.0 Å². The second-order valence-corrected chi connectivity index (χ2v) is 6.85. The van der Waals surface area contributed by atoms with E-state index in [0.717, 1.165) is 18.4 Å². The van der Waals surface area contributed by atoms with Crippen molar-refractivity contribution in [2.24, 2.45) is 0 Å². The van der Waals surface area contributed by atoms with Gasteiger partial charge in [0.05, 0.1) is 5.92 Å². The van der Waals surface area contributed by atoms with Crippen LogP contribution in [-0.2, 0) is 11.2 Å². The summed E-state index contributed by atoms with van der Waals surface area (Å²) in [4.78, 5) is 24.9. The molecule has 0 heterocycles. The summed E-state index contributed by atoms with van der Waals surface area (Å²) in [6.45, 7) is 2.12. The molecule has 0 aliphatic rings. The first-order valence-electron chi connectivity index (χ1n) is 9.61. The van der Waals surface area contributed by atoms with Crippen molar-refractivity contribution in [2.45, 2.75) is 25.7 Å². The smallest absolute Gasteiger partial charge is 0.255 e. The number of carbonyl (C=O) groups is 2. The van der Waals surface area contributed by atoms with Gasteiger partial charge >= 0.3 is 0 Å². The molecule has 5 nitrogen and oxygen atoms in total. The summed E-state index contributed by atoms with van der Waals surface area (Å²) in [6, 6.07) is 23.8. The fraction of sp³-hybridized carbons (Fsp3) is 0.167. The van der Waals surface area contributed by atoms with Crippen LogP contribution < -0.4 is 10.8 Å². The van der Waals surface area contributed by atoms with Crippen molar-refractivity contribution >= 4 is 17.5 Å². The van der Waals surface area contributed by atoms with Crippen LogP contribution in [0.4, 0.5) is 5.69 Å². The number of carbonyl (C=O) groups excluding carboxylic acids is 2. The first-order valence-corrected chi connectivity index (χ1v) is 9.61. The molecular weight excluding hydrogens is 364 g/mol. The van der Waals surface area contributed by atoms with E-state index in [4.69, 9.17) is 0 Å². The van der Waals surface area contributed by atoms with Gasteiger partial charge in [-0.25, -0.2) is 5.48 Å². The highest BCUT2D eigenvalue weighted by molar-refractivity contribution is 6.04. The van der Waals surface area contributed by atoms with Crippen molar-refractivity contribution in [1.82, 2.24) is 5.48 Å². The maximum absolute atomic E-state index is 12.6. The molecule has 0 aromatic heterocycles. The molecule has 5 heteroatoms. The summed E-state index contributed by atoms with van der Waals surface area (Å²) in [6.07, 6.45) is 2.04. The van der Waals surface area contributed by atoms with Gasteiger partial charge in [-0.1, -0.05) is 67.9 Å². The number of benzene rings is 3. The van der Waals surface area contributed by atoms with Gasteiger partial charge in [0, 0.05) is 11.3 Å². The van der Waals surface area contributed by atoms with Crippen LogP contribution in [0.15, 0.2) is 78.9 Å². The van der Waals surface area contributed by atoms with Crippen LogP contribution in [0.3, 0.4) is 0 Å². The molecule has 29 heavy (non-hydrogen) atoms. The first kappa shape index (κ1) is 20.3. The van der Waals surface area contributed by atoms with Gasteiger partial charge in [-0.05, 0) is 47.4 Å². The molecule has 3 aromatic carbocycles. The van der Waals surface area contributed by atoms with Gasteiger partial charge < -0.3 is 5.32 Å². The zero-order chi connectivity index (χ0) is 20.6. The van der Waals surface area contributed by atoms with Gasteiger partial charge in [-0.15, -0.1) is 0 Å². The first-order chi connectivity index (χ1) is 14.1. The second kappa shape index (κ2) is 9.66. The van der Waals surface area contributed by atoms with Crippen LogP contribution in [0.25, 0.3) is 0 Å². The average Bonchev–Trinajstić information content (AvgIpc) is 2.75. The summed E-state index contributed by atoms with van der Waals surface area (Å²) in [5.41, 5.74) is 5.50. The maximum atomic E-state index is 12.6. The lowest BCUT2D eigenvalue weighted by Crippen LogP contribution is -2.27. The highest BCUT2D eigenvalue weighted by Gasteiger charge is 2.22. The Labute approximate surface area is 170 Å². The number of hydroxylamine groups is 1. The van der Waals surface area contributed by atoms with Gasteiger partial charge in [0.25, 0.3) is 11.8 Å². The Morgan fingerprint density at radius 2 is 1.59 bits per heavy atom. The monoisotopic (exact) mass is 388 g/mol. The Kier molecular flexibility index (Phi) is 6.76. The molecule has 0 fully saturated rings. The van der Waals surface area contributed by atoms with Gasteiger partial charge in [0.15, 0.2) is 0 Å². The molecule has 3 aromatic rings. The third kappa shape index (κ3) is 5.09. The summed E-state index contributed by atoms with van der Waals surface area (Å²) < 4.78 is 0. The number of anilines is 1. The van der Waals surface area contributed by atoms with Gasteiger partial charge in [0.2, 0.25) is 0 Å². The van der Waals surface area contributed by atoms with E-state index in [1.54, 1.807) is 29.7 Å². The summed E-state index contributed by atoms with van der Waals surface area (Å²) in [5, 5.41) is 12.1. The predicted molar refractivity (Wildman–Crippen MR) is 113 cm³/mol. The fourth-order valence-electron chi connectivity index (χ4n) is 3.32. The Morgan fingerprint density at radius 3 is 2.24 bits per heavy atom. The van der Waals surface area contributed by atoms with Crippen LogP contribution >= 0.6 is 0 Å². The Bertz CT molecular complexity index is 969. The molecule has 0 radical (unpaired) electrons. The molecule has 3 rings (SSSR count). The van der Waals surface area contributed by atoms with Gasteiger partial charge in [0.1, 0.15) is 0 Å². The van der Waals surface area contributed by atoms with Crippen LogP contribution in [0.2, 0.25) is 0 Å². The number of rotatable bonds is 7. The molecule has 0 spiro atoms. The van der Waals surface area contributed by atoms with Crippen molar-refractivity contribution < 1.29 is 14.8 Å². The normalized spacial score (nSPS) is 11.5. The number of amides is 2. The molecular formula is C24H24N2O3. The van der Waals surface area contributed by atoms with E-state index in [1.807, 2.05) is 54.6 Å². The number of nitrogens with one attached hydrogen (secondary N) is 2. The number of aryl methyl sites for hydroxylation is 1. The minimum Gasteiger partial charge on any atom is -0.322 e. The predicted octanol–water partition coefficient (Wildman–Crippen LogP) is 4.53. The number of hydrogen-bond donors (Lipinski definition) is 3. The molecule has 0 saturated heterocycles. The standard InChI is InChI=1S/C24H24N2O3/c1-2-7-17-12-14-19(15-13-17)23(27)25-21-11-6-10-20(16-21)22(24(28)26-29)18-8-4-3-5-9-18/h3-6,8-16,22,29H,2,7H2,1H3,(H,25,27)(H,26,28). The third-order valence-corrected chi connectivity index (χ3v) is 4.74. The van der Waals surface area contributed by atoms with Crippen molar-refractivity contribution in [3.05, 3.63) is 101 Å². The van der Waals surface area contributed by atoms with E-state index in [2.05, 4.69) is 12.2 Å². The van der Waals surface area contributed by atoms with E-state index >= 15 is 0 Å². The molecule has 148 valence electrons. The minimum absolute atomic E-state index is 0.215. The lowest BCUT2D eigenvalue weighted by molar-refractivity contribution is -0.129. The van der Waals surface area contributed by atoms with E-state index < -0.39 is 11.8 Å². The SMILES string of the molecule is CCCc1ccc(C(=O)Nc2cccc(C(C(=O)NO)c3ccccc3)c2)cc1. The Balaban J connectivity index is 1.82. The molecule has 0 aliphatic carbocycles.